The summed E-state index contributed by atoms with van der Waals surface area (Å²) in [5.41, 5.74) is 2.41. The van der Waals surface area contributed by atoms with Crippen LogP contribution in [-0.4, -0.2) is 26.0 Å². The number of nitrogens with zero attached hydrogens (tertiary/aromatic N) is 1. The molecule has 1 aromatic carbocycles. The van der Waals surface area contributed by atoms with Crippen molar-refractivity contribution in [3.63, 3.8) is 0 Å². The van der Waals surface area contributed by atoms with Crippen molar-refractivity contribution in [1.29, 1.82) is 0 Å². The standard InChI is InChI=1S/C18H24N2O2/c1-14(13-15-6-8-16(9-7-15)20(2)3)19-18(21)11-10-17-5-4-12-22-17/h4-9,12,14H,10-11,13H2,1-3H3,(H,19,21). The number of carbonyl (C=O) groups excluding carboxylic acids is 1. The number of amides is 1. The number of carbonyl (C=O) groups is 1. The summed E-state index contributed by atoms with van der Waals surface area (Å²) in [6.07, 6.45) is 3.56. The normalized spacial score (nSPS) is 12.0. The lowest BCUT2D eigenvalue weighted by atomic mass is 10.1. The van der Waals surface area contributed by atoms with Gasteiger partial charge in [-0.15, -0.1) is 0 Å². The third-order valence-electron chi connectivity index (χ3n) is 3.58. The maximum Gasteiger partial charge on any atom is 0.220 e. The Morgan fingerprint density at radius 2 is 1.95 bits per heavy atom. The Morgan fingerprint density at radius 3 is 2.55 bits per heavy atom. The van der Waals surface area contributed by atoms with E-state index < -0.39 is 0 Å². The van der Waals surface area contributed by atoms with Crippen LogP contribution in [0.1, 0.15) is 24.7 Å². The Kier molecular flexibility index (Phi) is 5.64. The Bertz CT molecular complexity index is 574. The summed E-state index contributed by atoms with van der Waals surface area (Å²) >= 11 is 0. The summed E-state index contributed by atoms with van der Waals surface area (Å²) in [7, 11) is 4.05. The highest BCUT2D eigenvalue weighted by atomic mass is 16.3. The minimum Gasteiger partial charge on any atom is -0.469 e. The first kappa shape index (κ1) is 16.1. The lowest BCUT2D eigenvalue weighted by molar-refractivity contribution is -0.121. The van der Waals surface area contributed by atoms with Crippen LogP contribution >= 0.6 is 0 Å². The molecule has 22 heavy (non-hydrogen) atoms. The summed E-state index contributed by atoms with van der Waals surface area (Å²) in [6.45, 7) is 2.03. The Morgan fingerprint density at radius 1 is 1.23 bits per heavy atom. The fourth-order valence-electron chi connectivity index (χ4n) is 2.37. The van der Waals surface area contributed by atoms with Gasteiger partial charge in [0.15, 0.2) is 0 Å². The average molecular weight is 300 g/mol. The molecule has 0 spiro atoms. The average Bonchev–Trinajstić information content (AvgIpc) is 2.99. The zero-order valence-corrected chi connectivity index (χ0v) is 13.5. The van der Waals surface area contributed by atoms with E-state index in [0.717, 1.165) is 12.2 Å². The van der Waals surface area contributed by atoms with Crippen LogP contribution in [0.25, 0.3) is 0 Å². The Labute approximate surface area is 132 Å². The van der Waals surface area contributed by atoms with Gasteiger partial charge in [-0.2, -0.15) is 0 Å². The molecule has 0 radical (unpaired) electrons. The molecule has 1 heterocycles. The molecule has 2 aromatic rings. The lowest BCUT2D eigenvalue weighted by Crippen LogP contribution is -2.34. The van der Waals surface area contributed by atoms with Crippen LogP contribution in [0.15, 0.2) is 47.1 Å². The van der Waals surface area contributed by atoms with E-state index >= 15 is 0 Å². The summed E-state index contributed by atoms with van der Waals surface area (Å²) in [5, 5.41) is 3.04. The molecule has 1 unspecified atom stereocenters. The zero-order valence-electron chi connectivity index (χ0n) is 13.5. The van der Waals surface area contributed by atoms with E-state index in [1.807, 2.05) is 33.2 Å². The third kappa shape index (κ3) is 4.95. The second-order valence-electron chi connectivity index (χ2n) is 5.81. The highest BCUT2D eigenvalue weighted by Crippen LogP contribution is 2.13. The van der Waals surface area contributed by atoms with E-state index in [4.69, 9.17) is 4.42 Å². The second kappa shape index (κ2) is 7.69. The van der Waals surface area contributed by atoms with Gasteiger partial charge in [0, 0.05) is 38.7 Å². The first-order valence-electron chi connectivity index (χ1n) is 7.62. The smallest absolute Gasteiger partial charge is 0.220 e. The fraction of sp³-hybridized carbons (Fsp3) is 0.389. The minimum atomic E-state index is 0.0637. The topological polar surface area (TPSA) is 45.5 Å². The van der Waals surface area contributed by atoms with Crippen LogP contribution in [0.3, 0.4) is 0 Å². The second-order valence-corrected chi connectivity index (χ2v) is 5.81. The van der Waals surface area contributed by atoms with Crippen molar-refractivity contribution in [1.82, 2.24) is 5.32 Å². The predicted molar refractivity (Wildman–Crippen MR) is 89.1 cm³/mol. The zero-order chi connectivity index (χ0) is 15.9. The van der Waals surface area contributed by atoms with E-state index in [1.165, 1.54) is 11.3 Å². The molecule has 1 amide bonds. The van der Waals surface area contributed by atoms with Crippen LogP contribution in [-0.2, 0) is 17.6 Å². The van der Waals surface area contributed by atoms with Crippen LogP contribution < -0.4 is 10.2 Å². The monoisotopic (exact) mass is 300 g/mol. The van der Waals surface area contributed by atoms with Crippen molar-refractivity contribution in [3.05, 3.63) is 54.0 Å². The molecule has 0 aliphatic heterocycles. The molecule has 0 saturated carbocycles. The van der Waals surface area contributed by atoms with Gasteiger partial charge in [-0.25, -0.2) is 0 Å². The molecule has 1 atom stereocenters. The van der Waals surface area contributed by atoms with Crippen molar-refractivity contribution in [2.45, 2.75) is 32.2 Å². The van der Waals surface area contributed by atoms with E-state index in [-0.39, 0.29) is 11.9 Å². The van der Waals surface area contributed by atoms with Crippen LogP contribution in [0.5, 0.6) is 0 Å². The van der Waals surface area contributed by atoms with Gasteiger partial charge >= 0.3 is 0 Å². The maximum atomic E-state index is 11.9. The molecule has 4 heteroatoms. The number of furan rings is 1. The molecule has 4 nitrogen and oxygen atoms in total. The molecule has 118 valence electrons. The number of benzene rings is 1. The first-order valence-corrected chi connectivity index (χ1v) is 7.62. The van der Waals surface area contributed by atoms with E-state index in [0.29, 0.717) is 12.8 Å². The summed E-state index contributed by atoms with van der Waals surface area (Å²) in [6, 6.07) is 12.3. The number of aryl methyl sites for hydroxylation is 1. The van der Waals surface area contributed by atoms with Gasteiger partial charge in [0.2, 0.25) is 5.91 Å². The first-order chi connectivity index (χ1) is 10.5. The van der Waals surface area contributed by atoms with Crippen molar-refractivity contribution in [2.24, 2.45) is 0 Å². The maximum absolute atomic E-state index is 11.9. The van der Waals surface area contributed by atoms with Crippen molar-refractivity contribution >= 4 is 11.6 Å². The summed E-state index contributed by atoms with van der Waals surface area (Å²) in [5.74, 6) is 0.913. The molecular weight excluding hydrogens is 276 g/mol. The fourth-order valence-corrected chi connectivity index (χ4v) is 2.37. The number of anilines is 1. The lowest BCUT2D eigenvalue weighted by Gasteiger charge is -2.16. The van der Waals surface area contributed by atoms with Crippen molar-refractivity contribution in [2.75, 3.05) is 19.0 Å². The summed E-state index contributed by atoms with van der Waals surface area (Å²) < 4.78 is 5.23. The quantitative estimate of drug-likeness (QED) is 0.855. The molecule has 0 fully saturated rings. The summed E-state index contributed by atoms with van der Waals surface area (Å²) in [4.78, 5) is 14.0. The van der Waals surface area contributed by atoms with Crippen molar-refractivity contribution in [3.8, 4) is 0 Å². The minimum absolute atomic E-state index is 0.0637. The van der Waals surface area contributed by atoms with Gasteiger partial charge < -0.3 is 14.6 Å². The van der Waals surface area contributed by atoms with Gasteiger partial charge in [0.05, 0.1) is 6.26 Å². The van der Waals surface area contributed by atoms with Gasteiger partial charge in [-0.3, -0.25) is 4.79 Å². The highest BCUT2D eigenvalue weighted by Gasteiger charge is 2.09. The van der Waals surface area contributed by atoms with Crippen molar-refractivity contribution < 1.29 is 9.21 Å². The number of nitrogens with one attached hydrogen (secondary N) is 1. The van der Waals surface area contributed by atoms with Crippen LogP contribution in [0.2, 0.25) is 0 Å². The molecule has 0 bridgehead atoms. The predicted octanol–water partition coefficient (Wildman–Crippen LogP) is 3.03. The highest BCUT2D eigenvalue weighted by molar-refractivity contribution is 5.76. The van der Waals surface area contributed by atoms with E-state index in [2.05, 4.69) is 34.5 Å². The third-order valence-corrected chi connectivity index (χ3v) is 3.58. The van der Waals surface area contributed by atoms with Gasteiger partial charge in [-0.05, 0) is 43.2 Å². The SMILES string of the molecule is CC(Cc1ccc(N(C)C)cc1)NC(=O)CCc1ccco1. The van der Waals surface area contributed by atoms with Crippen LogP contribution in [0.4, 0.5) is 5.69 Å². The van der Waals surface area contributed by atoms with E-state index in [9.17, 15) is 4.79 Å². The molecule has 0 saturated heterocycles. The molecule has 0 aliphatic rings. The molecule has 0 aliphatic carbocycles. The number of hydrogen-bond donors (Lipinski definition) is 1. The number of hydrogen-bond acceptors (Lipinski definition) is 3. The van der Waals surface area contributed by atoms with Gasteiger partial charge in [0.1, 0.15) is 5.76 Å². The molecule has 1 aromatic heterocycles. The van der Waals surface area contributed by atoms with E-state index in [1.54, 1.807) is 6.26 Å². The Balaban J connectivity index is 1.76. The van der Waals surface area contributed by atoms with Gasteiger partial charge in [0.25, 0.3) is 0 Å². The molecular formula is C18H24N2O2. The molecule has 2 rings (SSSR count). The Hall–Kier alpha value is -2.23. The largest absolute Gasteiger partial charge is 0.469 e. The number of rotatable bonds is 7. The van der Waals surface area contributed by atoms with Crippen LogP contribution in [0, 0.1) is 0 Å². The molecule has 1 N–H and O–H groups in total. The van der Waals surface area contributed by atoms with Gasteiger partial charge in [-0.1, -0.05) is 12.1 Å².